The summed E-state index contributed by atoms with van der Waals surface area (Å²) < 4.78 is 4.76. The zero-order valence-corrected chi connectivity index (χ0v) is 6.14. The van der Waals surface area contributed by atoms with Gasteiger partial charge >= 0.3 is 0 Å². The van der Waals surface area contributed by atoms with Crippen molar-refractivity contribution in [1.29, 1.82) is 0 Å². The van der Waals surface area contributed by atoms with Gasteiger partial charge in [0.25, 0.3) is 0 Å². The van der Waals surface area contributed by atoms with Gasteiger partial charge in [0.05, 0.1) is 0 Å². The Morgan fingerprint density at radius 2 is 2.25 bits per heavy atom. The van der Waals surface area contributed by atoms with Crippen molar-refractivity contribution in [2.75, 3.05) is 0 Å². The molecule has 0 N–H and O–H groups in total. The van der Waals surface area contributed by atoms with Crippen molar-refractivity contribution in [2.45, 2.75) is 6.55 Å². The molecule has 0 aliphatic heterocycles. The molecule has 1 nitrogen and oxygen atoms in total. The maximum absolute atomic E-state index is 4.76. The van der Waals surface area contributed by atoms with Gasteiger partial charge in [0.1, 0.15) is 10.5 Å². The highest BCUT2D eigenvalue weighted by molar-refractivity contribution is 6.32. The van der Waals surface area contributed by atoms with E-state index in [0.29, 0.717) is 9.76 Å². The van der Waals surface area contributed by atoms with E-state index >= 15 is 0 Å². The second-order valence-corrected chi connectivity index (χ2v) is 2.83. The Morgan fingerprint density at radius 1 is 2.00 bits per heavy atom. The average molecular weight is 91.2 g/mol. The van der Waals surface area contributed by atoms with Crippen LogP contribution in [0.4, 0.5) is 0 Å². The molecule has 25 valence electrons. The van der Waals surface area contributed by atoms with Gasteiger partial charge in [-0.2, -0.15) is 0 Å². The molecule has 0 heterocycles. The summed E-state index contributed by atoms with van der Waals surface area (Å²) in [5.74, 6) is 0. The van der Waals surface area contributed by atoms with Gasteiger partial charge in [-0.3, -0.25) is 0 Å². The first-order chi connectivity index (χ1) is 1.91. The molecular formula is CH7OSi2. The molecule has 0 aromatic rings. The van der Waals surface area contributed by atoms with E-state index in [9.17, 15) is 0 Å². The molecule has 0 fully saturated rings. The smallest absolute Gasteiger partial charge is 0.174 e. The molecule has 0 rings (SSSR count). The first-order valence-corrected chi connectivity index (χ1v) is 3.66. The third kappa shape index (κ3) is 2.39. The molecule has 0 unspecified atom stereocenters. The Labute approximate surface area is 31.8 Å². The Hall–Kier alpha value is 0.394. The van der Waals surface area contributed by atoms with Crippen molar-refractivity contribution >= 4 is 20.2 Å². The predicted octanol–water partition coefficient (Wildman–Crippen LogP) is -1.32. The summed E-state index contributed by atoms with van der Waals surface area (Å²) in [7, 11) is 1.27. The van der Waals surface area contributed by atoms with Crippen LogP contribution in [0.15, 0.2) is 0 Å². The third-order valence-corrected chi connectivity index (χ3v) is 2.12. The summed E-state index contributed by atoms with van der Waals surface area (Å²) in [5.41, 5.74) is 0. The molecule has 0 amide bonds. The topological polar surface area (TPSA) is 9.23 Å². The minimum atomic E-state index is 0.344. The number of hydrogen-bond donors (Lipinski definition) is 0. The van der Waals surface area contributed by atoms with Crippen LogP contribution in [-0.2, 0) is 4.12 Å². The molecule has 0 saturated carbocycles. The van der Waals surface area contributed by atoms with Crippen LogP contribution in [0.5, 0.6) is 0 Å². The van der Waals surface area contributed by atoms with E-state index in [1.165, 1.54) is 0 Å². The van der Waals surface area contributed by atoms with Crippen molar-refractivity contribution in [3.63, 3.8) is 0 Å². The standard InChI is InChI=1S/CH7OSi2/c1-4-2-3/h4H,1,3H3. The normalized spacial score (nSPS) is 8.25. The van der Waals surface area contributed by atoms with Gasteiger partial charge < -0.3 is 4.12 Å². The van der Waals surface area contributed by atoms with E-state index in [4.69, 9.17) is 4.12 Å². The van der Waals surface area contributed by atoms with E-state index in [1.807, 2.05) is 0 Å². The SMILES string of the molecule is C[SiH]O[SiH3]. The van der Waals surface area contributed by atoms with E-state index in [1.54, 1.807) is 0 Å². The average Bonchev–Trinajstić information content (AvgIpc) is 1.37. The molecule has 0 atom stereocenters. The summed E-state index contributed by atoms with van der Waals surface area (Å²) >= 11 is 0. The maximum Gasteiger partial charge on any atom is 0.174 e. The largest absolute Gasteiger partial charge is 0.466 e. The molecule has 0 saturated heterocycles. The van der Waals surface area contributed by atoms with Gasteiger partial charge in [0.15, 0.2) is 9.76 Å². The van der Waals surface area contributed by atoms with E-state index < -0.39 is 0 Å². The van der Waals surface area contributed by atoms with Gasteiger partial charge in [0, 0.05) is 0 Å². The van der Waals surface area contributed by atoms with Crippen LogP contribution >= 0.6 is 0 Å². The van der Waals surface area contributed by atoms with Gasteiger partial charge in [-0.05, 0) is 6.55 Å². The van der Waals surface area contributed by atoms with Crippen LogP contribution in [-0.4, -0.2) is 20.2 Å². The third-order valence-electron chi connectivity index (χ3n) is 0.236. The molecule has 0 spiro atoms. The molecular weight excluding hydrogens is 84.2 g/mol. The lowest BCUT2D eigenvalue weighted by molar-refractivity contribution is 0.671. The molecule has 4 heavy (non-hydrogen) atoms. The Bertz CT molecular complexity index is 8.00. The Morgan fingerprint density at radius 3 is 2.25 bits per heavy atom. The molecule has 1 radical (unpaired) electrons. The Balaban J connectivity index is 1.97. The summed E-state index contributed by atoms with van der Waals surface area (Å²) in [4.78, 5) is 0. The van der Waals surface area contributed by atoms with Crippen molar-refractivity contribution < 1.29 is 4.12 Å². The zero-order chi connectivity index (χ0) is 3.41. The van der Waals surface area contributed by atoms with Crippen LogP contribution in [0, 0.1) is 0 Å². The quantitative estimate of drug-likeness (QED) is 0.364. The van der Waals surface area contributed by atoms with Crippen molar-refractivity contribution in [1.82, 2.24) is 0 Å². The molecule has 0 aromatic heterocycles. The second-order valence-electron chi connectivity index (χ2n) is 0.471. The van der Waals surface area contributed by atoms with Crippen LogP contribution in [0.1, 0.15) is 0 Å². The van der Waals surface area contributed by atoms with Crippen molar-refractivity contribution in [3.05, 3.63) is 0 Å². The van der Waals surface area contributed by atoms with Crippen molar-refractivity contribution in [2.24, 2.45) is 0 Å². The van der Waals surface area contributed by atoms with E-state index in [2.05, 4.69) is 6.55 Å². The maximum atomic E-state index is 4.76. The Kier molecular flexibility index (Phi) is 3.73. The summed E-state index contributed by atoms with van der Waals surface area (Å²) in [6, 6.07) is 0. The highest BCUT2D eigenvalue weighted by atomic mass is 28.3. The minimum absolute atomic E-state index is 0.344. The lowest BCUT2D eigenvalue weighted by Gasteiger charge is -1.75. The molecule has 3 heteroatoms. The summed E-state index contributed by atoms with van der Waals surface area (Å²) in [5, 5.41) is 0. The fourth-order valence-electron chi connectivity index (χ4n) is 0. The van der Waals surface area contributed by atoms with Gasteiger partial charge in [-0.1, -0.05) is 0 Å². The van der Waals surface area contributed by atoms with E-state index in [0.717, 1.165) is 10.5 Å². The highest BCUT2D eigenvalue weighted by Crippen LogP contribution is 1.45. The first kappa shape index (κ1) is 4.39. The molecule has 0 aliphatic rings. The van der Waals surface area contributed by atoms with Crippen LogP contribution < -0.4 is 0 Å². The molecule has 0 bridgehead atoms. The first-order valence-electron chi connectivity index (χ1n) is 1.22. The minimum Gasteiger partial charge on any atom is -0.466 e. The number of rotatable bonds is 1. The fraction of sp³-hybridized carbons (Fsp3) is 1.00. The van der Waals surface area contributed by atoms with Gasteiger partial charge in [0.2, 0.25) is 0 Å². The van der Waals surface area contributed by atoms with Gasteiger partial charge in [-0.25, -0.2) is 0 Å². The molecule has 0 aliphatic carbocycles. The zero-order valence-electron chi connectivity index (χ0n) is 2.99. The fourth-order valence-corrected chi connectivity index (χ4v) is 0. The molecule has 0 aromatic carbocycles. The van der Waals surface area contributed by atoms with Crippen LogP contribution in [0.2, 0.25) is 6.55 Å². The second kappa shape index (κ2) is 3.39. The van der Waals surface area contributed by atoms with Gasteiger partial charge in [-0.15, -0.1) is 0 Å². The van der Waals surface area contributed by atoms with E-state index in [-0.39, 0.29) is 0 Å². The van der Waals surface area contributed by atoms with Crippen LogP contribution in [0.3, 0.4) is 0 Å². The predicted molar refractivity (Wildman–Crippen MR) is 24.0 cm³/mol. The summed E-state index contributed by atoms with van der Waals surface area (Å²) in [6.07, 6.45) is 0. The number of hydrogen-bond acceptors (Lipinski definition) is 1. The monoisotopic (exact) mass is 91.0 g/mol. The van der Waals surface area contributed by atoms with Crippen molar-refractivity contribution in [3.8, 4) is 0 Å². The lowest BCUT2D eigenvalue weighted by atomic mass is 11.9. The van der Waals surface area contributed by atoms with Crippen LogP contribution in [0.25, 0.3) is 0 Å². The summed E-state index contributed by atoms with van der Waals surface area (Å²) in [6.45, 7) is 2.08. The highest BCUT2D eigenvalue weighted by Gasteiger charge is 1.56. The lowest BCUT2D eigenvalue weighted by Crippen LogP contribution is -1.82.